The molecular formula is C21H30ClNO2. The van der Waals surface area contributed by atoms with Crippen molar-refractivity contribution in [1.82, 2.24) is 5.32 Å². The van der Waals surface area contributed by atoms with Gasteiger partial charge in [-0.25, -0.2) is 0 Å². The van der Waals surface area contributed by atoms with Crippen LogP contribution in [0.25, 0.3) is 0 Å². The Balaban J connectivity index is 1.62. The predicted octanol–water partition coefficient (Wildman–Crippen LogP) is 5.06. The molecule has 1 aromatic carbocycles. The third-order valence-electron chi connectivity index (χ3n) is 6.11. The van der Waals surface area contributed by atoms with Crippen molar-refractivity contribution in [3.63, 3.8) is 0 Å². The molecule has 2 aliphatic carbocycles. The normalized spacial score (nSPS) is 26.3. The van der Waals surface area contributed by atoms with Gasteiger partial charge in [-0.3, -0.25) is 4.79 Å². The molecule has 2 N–H and O–H groups in total. The summed E-state index contributed by atoms with van der Waals surface area (Å²) >= 11 is 6.03. The van der Waals surface area contributed by atoms with Gasteiger partial charge < -0.3 is 10.4 Å². The number of halogens is 1. The first-order chi connectivity index (χ1) is 12.1. The zero-order chi connectivity index (χ0) is 17.6. The van der Waals surface area contributed by atoms with Gasteiger partial charge in [-0.1, -0.05) is 43.0 Å². The minimum absolute atomic E-state index is 0.137. The van der Waals surface area contributed by atoms with Crippen LogP contribution in [-0.2, 0) is 11.2 Å². The Morgan fingerprint density at radius 1 is 1.04 bits per heavy atom. The molecule has 0 amide bonds. The number of carbonyl (C=O) groups is 1. The first-order valence-corrected chi connectivity index (χ1v) is 10.2. The van der Waals surface area contributed by atoms with Crippen LogP contribution in [0, 0.1) is 11.8 Å². The lowest BCUT2D eigenvalue weighted by Gasteiger charge is -2.36. The Bertz CT molecular complexity index is 546. The highest BCUT2D eigenvalue weighted by Crippen LogP contribution is 2.31. The number of hydrogen-bond donors (Lipinski definition) is 2. The molecule has 0 radical (unpaired) electrons. The van der Waals surface area contributed by atoms with Crippen LogP contribution >= 0.6 is 11.6 Å². The molecule has 0 spiro atoms. The van der Waals surface area contributed by atoms with Crippen LogP contribution in [0.4, 0.5) is 0 Å². The molecule has 3 nitrogen and oxygen atoms in total. The van der Waals surface area contributed by atoms with E-state index in [9.17, 15) is 9.90 Å². The van der Waals surface area contributed by atoms with E-state index in [1.54, 1.807) is 0 Å². The molecular weight excluding hydrogens is 334 g/mol. The van der Waals surface area contributed by atoms with Crippen LogP contribution in [0.3, 0.4) is 0 Å². The van der Waals surface area contributed by atoms with Crippen molar-refractivity contribution in [2.45, 2.75) is 76.3 Å². The van der Waals surface area contributed by atoms with Gasteiger partial charge in [0.15, 0.2) is 0 Å². The lowest BCUT2D eigenvalue weighted by Crippen LogP contribution is -2.46. The van der Waals surface area contributed by atoms with E-state index in [2.05, 4.69) is 17.4 Å². The van der Waals surface area contributed by atoms with Gasteiger partial charge in [0.2, 0.25) is 0 Å². The fourth-order valence-electron chi connectivity index (χ4n) is 4.58. The van der Waals surface area contributed by atoms with Gasteiger partial charge >= 0.3 is 5.97 Å². The average Bonchev–Trinajstić information content (AvgIpc) is 2.64. The van der Waals surface area contributed by atoms with Crippen LogP contribution < -0.4 is 5.32 Å². The van der Waals surface area contributed by atoms with Crippen molar-refractivity contribution in [2.24, 2.45) is 11.8 Å². The van der Waals surface area contributed by atoms with Gasteiger partial charge in [0.1, 0.15) is 0 Å². The summed E-state index contributed by atoms with van der Waals surface area (Å²) in [6.45, 7) is 0. The van der Waals surface area contributed by atoms with Crippen molar-refractivity contribution in [3.8, 4) is 0 Å². The van der Waals surface area contributed by atoms with Gasteiger partial charge in [-0.05, 0) is 68.6 Å². The highest BCUT2D eigenvalue weighted by atomic mass is 35.5. The number of carboxylic acids is 1. The second kappa shape index (κ2) is 9.05. The highest BCUT2D eigenvalue weighted by molar-refractivity contribution is 6.30. The Morgan fingerprint density at radius 3 is 2.28 bits per heavy atom. The fourth-order valence-corrected chi connectivity index (χ4v) is 4.71. The summed E-state index contributed by atoms with van der Waals surface area (Å²) in [5.41, 5.74) is 1.34. The zero-order valence-electron chi connectivity index (χ0n) is 14.9. The third-order valence-corrected chi connectivity index (χ3v) is 6.37. The summed E-state index contributed by atoms with van der Waals surface area (Å²) in [4.78, 5) is 11.2. The predicted molar refractivity (Wildman–Crippen MR) is 102 cm³/mol. The van der Waals surface area contributed by atoms with Crippen LogP contribution in [0.2, 0.25) is 5.02 Å². The molecule has 2 saturated carbocycles. The summed E-state index contributed by atoms with van der Waals surface area (Å²) in [5.74, 6) is -0.0208. The van der Waals surface area contributed by atoms with E-state index in [0.717, 1.165) is 43.0 Å². The molecule has 0 bridgehead atoms. The zero-order valence-corrected chi connectivity index (χ0v) is 15.7. The molecule has 4 heteroatoms. The van der Waals surface area contributed by atoms with Crippen LogP contribution in [0.15, 0.2) is 24.3 Å². The minimum atomic E-state index is -0.622. The van der Waals surface area contributed by atoms with Crippen molar-refractivity contribution < 1.29 is 9.90 Å². The van der Waals surface area contributed by atoms with E-state index in [-0.39, 0.29) is 5.92 Å². The summed E-state index contributed by atoms with van der Waals surface area (Å²) in [5, 5.41) is 13.9. The van der Waals surface area contributed by atoms with Crippen LogP contribution in [0.5, 0.6) is 0 Å². The SMILES string of the molecule is O=C(O)C1CCC(NC(Cc2ccc(Cl)cc2)C2CCCCC2)CC1. The summed E-state index contributed by atoms with van der Waals surface area (Å²) in [6, 6.07) is 9.20. The van der Waals surface area contributed by atoms with E-state index < -0.39 is 5.97 Å². The molecule has 0 aliphatic heterocycles. The Morgan fingerprint density at radius 2 is 1.68 bits per heavy atom. The van der Waals surface area contributed by atoms with Crippen LogP contribution in [-0.4, -0.2) is 23.2 Å². The van der Waals surface area contributed by atoms with Crippen molar-refractivity contribution in [3.05, 3.63) is 34.9 Å². The Hall–Kier alpha value is -1.06. The van der Waals surface area contributed by atoms with E-state index in [1.807, 2.05) is 12.1 Å². The number of aliphatic carboxylic acids is 1. The molecule has 0 saturated heterocycles. The average molecular weight is 364 g/mol. The molecule has 2 fully saturated rings. The van der Waals surface area contributed by atoms with Gasteiger partial charge in [0, 0.05) is 17.1 Å². The second-order valence-electron chi connectivity index (χ2n) is 7.89. The van der Waals surface area contributed by atoms with E-state index in [0.29, 0.717) is 12.1 Å². The number of hydrogen-bond acceptors (Lipinski definition) is 2. The molecule has 25 heavy (non-hydrogen) atoms. The minimum Gasteiger partial charge on any atom is -0.481 e. The maximum atomic E-state index is 11.2. The smallest absolute Gasteiger partial charge is 0.306 e. The molecule has 3 rings (SSSR count). The quantitative estimate of drug-likeness (QED) is 0.742. The van der Waals surface area contributed by atoms with E-state index >= 15 is 0 Å². The largest absolute Gasteiger partial charge is 0.481 e. The van der Waals surface area contributed by atoms with Gasteiger partial charge in [-0.2, -0.15) is 0 Å². The standard InChI is InChI=1S/C21H30ClNO2/c22-18-10-6-15(7-11-18)14-20(16-4-2-1-3-5-16)23-19-12-8-17(9-13-19)21(24)25/h6-7,10-11,16-17,19-20,23H,1-5,8-9,12-14H2,(H,24,25). The summed E-state index contributed by atoms with van der Waals surface area (Å²) in [6.07, 6.45) is 11.3. The Kier molecular flexibility index (Phi) is 6.77. The first-order valence-electron chi connectivity index (χ1n) is 9.85. The second-order valence-corrected chi connectivity index (χ2v) is 8.33. The number of rotatable bonds is 6. The van der Waals surface area contributed by atoms with Crippen molar-refractivity contribution >= 4 is 17.6 Å². The van der Waals surface area contributed by atoms with Gasteiger partial charge in [0.05, 0.1) is 5.92 Å². The first kappa shape index (κ1) is 18.7. The van der Waals surface area contributed by atoms with E-state index in [4.69, 9.17) is 11.6 Å². The molecule has 138 valence electrons. The maximum absolute atomic E-state index is 11.2. The van der Waals surface area contributed by atoms with Crippen molar-refractivity contribution in [2.75, 3.05) is 0 Å². The summed E-state index contributed by atoms with van der Waals surface area (Å²) < 4.78 is 0. The molecule has 2 aliphatic rings. The monoisotopic (exact) mass is 363 g/mol. The molecule has 0 heterocycles. The van der Waals surface area contributed by atoms with E-state index in [1.165, 1.54) is 37.7 Å². The maximum Gasteiger partial charge on any atom is 0.306 e. The number of nitrogens with one attached hydrogen (secondary N) is 1. The lowest BCUT2D eigenvalue weighted by molar-refractivity contribution is -0.142. The topological polar surface area (TPSA) is 49.3 Å². The molecule has 1 atom stereocenters. The molecule has 0 aromatic heterocycles. The fraction of sp³-hybridized carbons (Fsp3) is 0.667. The van der Waals surface area contributed by atoms with Gasteiger partial charge in [0.25, 0.3) is 0 Å². The third kappa shape index (κ3) is 5.46. The molecule has 1 aromatic rings. The lowest BCUT2D eigenvalue weighted by atomic mass is 9.80. The van der Waals surface area contributed by atoms with Crippen LogP contribution in [0.1, 0.15) is 63.4 Å². The van der Waals surface area contributed by atoms with Crippen molar-refractivity contribution in [1.29, 1.82) is 0 Å². The number of benzene rings is 1. The Labute approximate surface area is 156 Å². The molecule has 1 unspecified atom stereocenters. The van der Waals surface area contributed by atoms with Gasteiger partial charge in [-0.15, -0.1) is 0 Å². The number of carboxylic acid groups (broad SMARTS) is 1. The summed E-state index contributed by atoms with van der Waals surface area (Å²) in [7, 11) is 0. The highest BCUT2D eigenvalue weighted by Gasteiger charge is 2.30.